The third-order valence-corrected chi connectivity index (χ3v) is 4.17. The fourth-order valence-electron chi connectivity index (χ4n) is 2.89. The Kier molecular flexibility index (Phi) is 4.78. The minimum Gasteiger partial charge on any atom is -0.370 e. The molecule has 6 heteroatoms. The van der Waals surface area contributed by atoms with Crippen LogP contribution in [-0.2, 0) is 12.7 Å². The van der Waals surface area contributed by atoms with Crippen LogP contribution in [0.2, 0.25) is 0 Å². The molecule has 118 valence electrons. The van der Waals surface area contributed by atoms with Gasteiger partial charge < -0.3 is 15.5 Å². The second kappa shape index (κ2) is 6.23. The Bertz CT molecular complexity index is 488. The number of piperidine rings is 1. The average molecular weight is 301 g/mol. The Labute approximate surface area is 123 Å². The van der Waals surface area contributed by atoms with E-state index in [1.54, 1.807) is 6.07 Å². The molecule has 1 atom stereocenters. The Balaban J connectivity index is 2.27. The molecule has 1 unspecified atom stereocenters. The van der Waals surface area contributed by atoms with Gasteiger partial charge in [-0.1, -0.05) is 6.07 Å². The van der Waals surface area contributed by atoms with Crippen molar-refractivity contribution >= 4 is 5.69 Å². The third-order valence-electron chi connectivity index (χ3n) is 4.17. The van der Waals surface area contributed by atoms with Crippen LogP contribution in [0, 0.1) is 0 Å². The van der Waals surface area contributed by atoms with Gasteiger partial charge in [-0.15, -0.1) is 0 Å². The molecule has 1 aromatic carbocycles. The quantitative estimate of drug-likeness (QED) is 0.931. The minimum absolute atomic E-state index is 0.106. The van der Waals surface area contributed by atoms with E-state index >= 15 is 0 Å². The van der Waals surface area contributed by atoms with E-state index in [4.69, 9.17) is 5.73 Å². The van der Waals surface area contributed by atoms with Gasteiger partial charge in [-0.2, -0.15) is 13.2 Å². The molecule has 1 fully saturated rings. The van der Waals surface area contributed by atoms with Crippen molar-refractivity contribution in [1.29, 1.82) is 0 Å². The van der Waals surface area contributed by atoms with Gasteiger partial charge in [0, 0.05) is 31.9 Å². The summed E-state index contributed by atoms with van der Waals surface area (Å²) in [6, 6.07) is 4.68. The van der Waals surface area contributed by atoms with E-state index < -0.39 is 11.7 Å². The van der Waals surface area contributed by atoms with E-state index in [2.05, 4.69) is 4.90 Å². The van der Waals surface area contributed by atoms with Crippen LogP contribution < -0.4 is 10.6 Å². The number of likely N-dealkylation sites (tertiary alicyclic amines) is 1. The van der Waals surface area contributed by atoms with Crippen molar-refractivity contribution in [3.63, 3.8) is 0 Å². The number of halogens is 3. The molecule has 1 aliphatic rings. The first kappa shape index (κ1) is 16.1. The normalized spacial score (nSPS) is 20.6. The van der Waals surface area contributed by atoms with Crippen molar-refractivity contribution in [2.75, 3.05) is 32.1 Å². The standard InChI is InChI=1S/C15H22F3N3/c1-20-7-3-4-13(10-20)21(2)12-6-5-11(9-19)14(8-12)15(16,17)18/h5-6,8,13H,3-4,7,9-10,19H2,1-2H3. The minimum atomic E-state index is -4.37. The fourth-order valence-corrected chi connectivity index (χ4v) is 2.89. The zero-order valence-corrected chi connectivity index (χ0v) is 12.5. The van der Waals surface area contributed by atoms with E-state index in [9.17, 15) is 13.2 Å². The van der Waals surface area contributed by atoms with E-state index in [-0.39, 0.29) is 18.2 Å². The number of benzene rings is 1. The highest BCUT2D eigenvalue weighted by Crippen LogP contribution is 2.35. The lowest BCUT2D eigenvalue weighted by molar-refractivity contribution is -0.138. The van der Waals surface area contributed by atoms with E-state index in [0.717, 1.165) is 25.9 Å². The molecule has 0 aliphatic carbocycles. The van der Waals surface area contributed by atoms with Gasteiger partial charge in [-0.05, 0) is 44.1 Å². The number of alkyl halides is 3. The van der Waals surface area contributed by atoms with Crippen LogP contribution in [0.25, 0.3) is 0 Å². The summed E-state index contributed by atoms with van der Waals surface area (Å²) in [5.74, 6) is 0. The zero-order chi connectivity index (χ0) is 15.6. The molecular formula is C15H22F3N3. The molecule has 21 heavy (non-hydrogen) atoms. The maximum atomic E-state index is 13.1. The number of nitrogens with zero attached hydrogens (tertiary/aromatic N) is 2. The van der Waals surface area contributed by atoms with Crippen LogP contribution in [0.5, 0.6) is 0 Å². The molecule has 3 nitrogen and oxygen atoms in total. The van der Waals surface area contributed by atoms with Crippen molar-refractivity contribution in [3.05, 3.63) is 29.3 Å². The van der Waals surface area contributed by atoms with E-state index in [0.29, 0.717) is 5.69 Å². The summed E-state index contributed by atoms with van der Waals surface area (Å²) in [6.07, 6.45) is -2.30. The van der Waals surface area contributed by atoms with Gasteiger partial charge in [-0.3, -0.25) is 0 Å². The van der Waals surface area contributed by atoms with Gasteiger partial charge in [-0.25, -0.2) is 0 Å². The van der Waals surface area contributed by atoms with Gasteiger partial charge in [0.05, 0.1) is 5.56 Å². The summed E-state index contributed by atoms with van der Waals surface area (Å²) in [4.78, 5) is 4.16. The van der Waals surface area contributed by atoms with Crippen molar-refractivity contribution in [2.24, 2.45) is 5.73 Å². The first-order chi connectivity index (χ1) is 9.82. The number of anilines is 1. The molecular weight excluding hydrogens is 279 g/mol. The van der Waals surface area contributed by atoms with Gasteiger partial charge >= 0.3 is 6.18 Å². The number of likely N-dealkylation sites (N-methyl/N-ethyl adjacent to an activating group) is 2. The molecule has 0 aromatic heterocycles. The van der Waals surface area contributed by atoms with Crippen LogP contribution >= 0.6 is 0 Å². The lowest BCUT2D eigenvalue weighted by atomic mass is 10.0. The number of nitrogens with two attached hydrogens (primary N) is 1. The first-order valence-electron chi connectivity index (χ1n) is 7.14. The third kappa shape index (κ3) is 3.68. The van der Waals surface area contributed by atoms with Crippen molar-refractivity contribution in [1.82, 2.24) is 4.90 Å². The Morgan fingerprint density at radius 2 is 2.10 bits per heavy atom. The molecule has 1 aromatic rings. The summed E-state index contributed by atoms with van der Waals surface area (Å²) >= 11 is 0. The van der Waals surface area contributed by atoms with E-state index in [1.807, 2.05) is 19.0 Å². The summed E-state index contributed by atoms with van der Waals surface area (Å²) < 4.78 is 39.3. The first-order valence-corrected chi connectivity index (χ1v) is 7.14. The second-order valence-corrected chi connectivity index (χ2v) is 5.71. The molecule has 0 saturated carbocycles. The van der Waals surface area contributed by atoms with Gasteiger partial charge in [0.15, 0.2) is 0 Å². The summed E-state index contributed by atoms with van der Waals surface area (Å²) in [5.41, 5.74) is 5.52. The summed E-state index contributed by atoms with van der Waals surface area (Å²) in [7, 11) is 3.90. The second-order valence-electron chi connectivity index (χ2n) is 5.71. The maximum Gasteiger partial charge on any atom is 0.416 e. The van der Waals surface area contributed by atoms with Crippen molar-refractivity contribution in [2.45, 2.75) is 31.6 Å². The van der Waals surface area contributed by atoms with Crippen LogP contribution in [0.4, 0.5) is 18.9 Å². The van der Waals surface area contributed by atoms with Gasteiger partial charge in [0.2, 0.25) is 0 Å². The molecule has 1 saturated heterocycles. The van der Waals surface area contributed by atoms with Crippen molar-refractivity contribution in [3.8, 4) is 0 Å². The highest BCUT2D eigenvalue weighted by molar-refractivity contribution is 5.52. The predicted octanol–water partition coefficient (Wildman–Crippen LogP) is 2.69. The number of hydrogen-bond acceptors (Lipinski definition) is 3. The highest BCUT2D eigenvalue weighted by atomic mass is 19.4. The summed E-state index contributed by atoms with van der Waals surface area (Å²) in [5, 5.41) is 0. The topological polar surface area (TPSA) is 32.5 Å². The number of rotatable bonds is 3. The maximum absolute atomic E-state index is 13.1. The molecule has 0 amide bonds. The predicted molar refractivity (Wildman–Crippen MR) is 78.3 cm³/mol. The molecule has 2 rings (SSSR count). The molecule has 0 bridgehead atoms. The van der Waals surface area contributed by atoms with Crippen molar-refractivity contribution < 1.29 is 13.2 Å². The van der Waals surface area contributed by atoms with E-state index in [1.165, 1.54) is 12.1 Å². The fraction of sp³-hybridized carbons (Fsp3) is 0.600. The average Bonchev–Trinajstić information content (AvgIpc) is 2.45. The molecule has 2 N–H and O–H groups in total. The molecule has 0 spiro atoms. The lowest BCUT2D eigenvalue weighted by Gasteiger charge is -2.37. The smallest absolute Gasteiger partial charge is 0.370 e. The largest absolute Gasteiger partial charge is 0.416 e. The Morgan fingerprint density at radius 1 is 1.38 bits per heavy atom. The van der Waals surface area contributed by atoms with Crippen LogP contribution in [0.3, 0.4) is 0 Å². The van der Waals surface area contributed by atoms with Gasteiger partial charge in [0.1, 0.15) is 0 Å². The number of hydrogen-bond donors (Lipinski definition) is 1. The van der Waals surface area contributed by atoms with Crippen LogP contribution in [-0.4, -0.2) is 38.1 Å². The monoisotopic (exact) mass is 301 g/mol. The summed E-state index contributed by atoms with van der Waals surface area (Å²) in [6.45, 7) is 1.81. The molecule has 0 radical (unpaired) electrons. The SMILES string of the molecule is CN1CCCC(N(C)c2ccc(CN)c(C(F)(F)F)c2)C1. The van der Waals surface area contributed by atoms with Crippen LogP contribution in [0.1, 0.15) is 24.0 Å². The molecule has 1 aliphatic heterocycles. The highest BCUT2D eigenvalue weighted by Gasteiger charge is 2.34. The Hall–Kier alpha value is -1.27. The van der Waals surface area contributed by atoms with Crippen LogP contribution in [0.15, 0.2) is 18.2 Å². The molecule has 1 heterocycles. The zero-order valence-electron chi connectivity index (χ0n) is 12.5. The van der Waals surface area contributed by atoms with Gasteiger partial charge in [0.25, 0.3) is 0 Å². The lowest BCUT2D eigenvalue weighted by Crippen LogP contribution is -2.45. The Morgan fingerprint density at radius 3 is 2.67 bits per heavy atom.